The van der Waals surface area contributed by atoms with Crippen LogP contribution in [0.4, 0.5) is 5.95 Å². The second-order valence-corrected chi connectivity index (χ2v) is 7.06. The van der Waals surface area contributed by atoms with Crippen molar-refractivity contribution in [2.24, 2.45) is 0 Å². The maximum atomic E-state index is 5.50. The quantitative estimate of drug-likeness (QED) is 0.914. The molecule has 2 fully saturated rings. The summed E-state index contributed by atoms with van der Waals surface area (Å²) >= 11 is 2.05. The van der Waals surface area contributed by atoms with E-state index >= 15 is 0 Å². The van der Waals surface area contributed by atoms with Gasteiger partial charge in [0.05, 0.1) is 13.2 Å². The van der Waals surface area contributed by atoms with Crippen molar-refractivity contribution in [3.8, 4) is 0 Å². The van der Waals surface area contributed by atoms with E-state index in [0.717, 1.165) is 50.2 Å². The Balaban J connectivity index is 1.70. The molecule has 2 aliphatic heterocycles. The monoisotopic (exact) mass is 308 g/mol. The summed E-state index contributed by atoms with van der Waals surface area (Å²) in [5.74, 6) is 3.19. The number of hydrogen-bond acceptors (Lipinski definition) is 6. The Morgan fingerprint density at radius 3 is 2.62 bits per heavy atom. The van der Waals surface area contributed by atoms with Gasteiger partial charge >= 0.3 is 0 Å². The first-order valence-electron chi connectivity index (χ1n) is 7.65. The van der Waals surface area contributed by atoms with Gasteiger partial charge < -0.3 is 10.1 Å². The normalized spacial score (nSPS) is 27.0. The molecule has 1 N–H and O–H groups in total. The van der Waals surface area contributed by atoms with Gasteiger partial charge in [-0.25, -0.2) is 9.97 Å². The van der Waals surface area contributed by atoms with E-state index in [9.17, 15) is 0 Å². The number of nitrogens with one attached hydrogen (secondary N) is 1. The number of aromatic nitrogens is 2. The SMILES string of the molecule is Cc1cc(C)nc(NCC2(N3CCOCC3)CCSC2)n1. The highest BCUT2D eigenvalue weighted by atomic mass is 32.2. The Morgan fingerprint density at radius 2 is 2.00 bits per heavy atom. The van der Waals surface area contributed by atoms with Crippen LogP contribution in [0.15, 0.2) is 6.07 Å². The molecule has 21 heavy (non-hydrogen) atoms. The molecule has 3 rings (SSSR count). The lowest BCUT2D eigenvalue weighted by Crippen LogP contribution is -2.57. The third-order valence-corrected chi connectivity index (χ3v) is 5.56. The smallest absolute Gasteiger partial charge is 0.223 e. The second-order valence-electron chi connectivity index (χ2n) is 5.95. The molecule has 0 saturated carbocycles. The Hall–Kier alpha value is -0.850. The minimum absolute atomic E-state index is 0.232. The number of aryl methyl sites for hydroxylation is 2. The Morgan fingerprint density at radius 1 is 1.29 bits per heavy atom. The van der Waals surface area contributed by atoms with Crippen LogP contribution in [0.2, 0.25) is 0 Å². The topological polar surface area (TPSA) is 50.3 Å². The third-order valence-electron chi connectivity index (χ3n) is 4.32. The van der Waals surface area contributed by atoms with Crippen molar-refractivity contribution < 1.29 is 4.74 Å². The van der Waals surface area contributed by atoms with E-state index in [-0.39, 0.29) is 5.54 Å². The van der Waals surface area contributed by atoms with E-state index in [0.29, 0.717) is 0 Å². The Labute approximate surface area is 130 Å². The molecular weight excluding hydrogens is 284 g/mol. The molecule has 5 nitrogen and oxygen atoms in total. The van der Waals surface area contributed by atoms with Crippen LogP contribution in [0.3, 0.4) is 0 Å². The molecule has 1 aromatic heterocycles. The van der Waals surface area contributed by atoms with E-state index < -0.39 is 0 Å². The van der Waals surface area contributed by atoms with Gasteiger partial charge in [-0.05, 0) is 32.1 Å². The fraction of sp³-hybridized carbons (Fsp3) is 0.733. The predicted molar refractivity (Wildman–Crippen MR) is 87.1 cm³/mol. The lowest BCUT2D eigenvalue weighted by atomic mass is 9.95. The number of nitrogens with zero attached hydrogens (tertiary/aromatic N) is 3. The van der Waals surface area contributed by atoms with Gasteiger partial charge in [-0.3, -0.25) is 4.90 Å². The lowest BCUT2D eigenvalue weighted by molar-refractivity contribution is -0.00925. The molecule has 0 aliphatic carbocycles. The molecule has 1 atom stereocenters. The Kier molecular flexibility index (Phi) is 4.66. The number of hydrogen-bond donors (Lipinski definition) is 1. The summed E-state index contributed by atoms with van der Waals surface area (Å²) < 4.78 is 5.50. The largest absolute Gasteiger partial charge is 0.379 e. The van der Waals surface area contributed by atoms with Gasteiger partial charge in [0.2, 0.25) is 5.95 Å². The summed E-state index contributed by atoms with van der Waals surface area (Å²) in [5, 5.41) is 3.49. The second kappa shape index (κ2) is 6.50. The van der Waals surface area contributed by atoms with Gasteiger partial charge in [0.1, 0.15) is 0 Å². The Bertz CT molecular complexity index is 464. The molecule has 1 unspecified atom stereocenters. The van der Waals surface area contributed by atoms with Crippen molar-refractivity contribution >= 4 is 17.7 Å². The molecule has 2 aliphatic rings. The molecule has 0 bridgehead atoms. The van der Waals surface area contributed by atoms with Crippen LogP contribution in [0.1, 0.15) is 17.8 Å². The highest BCUT2D eigenvalue weighted by molar-refractivity contribution is 7.99. The summed E-state index contributed by atoms with van der Waals surface area (Å²) in [5.41, 5.74) is 2.27. The number of ether oxygens (including phenoxy) is 1. The van der Waals surface area contributed by atoms with Gasteiger partial charge in [-0.1, -0.05) is 0 Å². The molecule has 0 radical (unpaired) electrons. The zero-order chi connectivity index (χ0) is 14.7. The van der Waals surface area contributed by atoms with Crippen molar-refractivity contribution in [3.05, 3.63) is 17.5 Å². The maximum absolute atomic E-state index is 5.50. The van der Waals surface area contributed by atoms with Crippen LogP contribution >= 0.6 is 11.8 Å². The standard InChI is InChI=1S/C15H24N4OS/c1-12-9-13(2)18-14(17-12)16-10-15(3-8-21-11-15)19-4-6-20-7-5-19/h9H,3-8,10-11H2,1-2H3,(H,16,17,18). The maximum Gasteiger partial charge on any atom is 0.223 e. The van der Waals surface area contributed by atoms with Crippen LogP contribution in [-0.4, -0.2) is 64.8 Å². The van der Waals surface area contributed by atoms with Gasteiger partial charge in [-0.15, -0.1) is 0 Å². The fourth-order valence-electron chi connectivity index (χ4n) is 3.18. The third kappa shape index (κ3) is 3.49. The van der Waals surface area contributed by atoms with E-state index in [2.05, 4.69) is 31.9 Å². The van der Waals surface area contributed by atoms with Crippen molar-refractivity contribution in [1.29, 1.82) is 0 Å². The molecule has 116 valence electrons. The fourth-order valence-corrected chi connectivity index (χ4v) is 4.66. The van der Waals surface area contributed by atoms with Crippen molar-refractivity contribution in [2.45, 2.75) is 25.8 Å². The zero-order valence-corrected chi connectivity index (χ0v) is 13.7. The predicted octanol–water partition coefficient (Wildman–Crippen LogP) is 1.71. The minimum atomic E-state index is 0.232. The minimum Gasteiger partial charge on any atom is -0.379 e. The van der Waals surface area contributed by atoms with Crippen LogP contribution in [0.5, 0.6) is 0 Å². The average Bonchev–Trinajstić information content (AvgIpc) is 2.95. The van der Waals surface area contributed by atoms with Gasteiger partial charge in [0, 0.05) is 42.3 Å². The van der Waals surface area contributed by atoms with Crippen molar-refractivity contribution in [3.63, 3.8) is 0 Å². The van der Waals surface area contributed by atoms with Crippen LogP contribution < -0.4 is 5.32 Å². The number of rotatable bonds is 4. The molecule has 0 spiro atoms. The molecular formula is C15H24N4OS. The lowest BCUT2D eigenvalue weighted by Gasteiger charge is -2.43. The summed E-state index contributed by atoms with van der Waals surface area (Å²) in [6.07, 6.45) is 1.23. The van der Waals surface area contributed by atoms with Crippen molar-refractivity contribution in [2.75, 3.05) is 49.7 Å². The molecule has 6 heteroatoms. The van der Waals surface area contributed by atoms with Crippen molar-refractivity contribution in [1.82, 2.24) is 14.9 Å². The van der Waals surface area contributed by atoms with Gasteiger partial charge in [-0.2, -0.15) is 11.8 Å². The highest BCUT2D eigenvalue weighted by Gasteiger charge is 2.40. The summed E-state index contributed by atoms with van der Waals surface area (Å²) in [6.45, 7) is 8.74. The zero-order valence-electron chi connectivity index (χ0n) is 12.9. The summed E-state index contributed by atoms with van der Waals surface area (Å²) in [4.78, 5) is 11.6. The summed E-state index contributed by atoms with van der Waals surface area (Å²) in [7, 11) is 0. The van der Waals surface area contributed by atoms with Crippen LogP contribution in [0, 0.1) is 13.8 Å². The van der Waals surface area contributed by atoms with Gasteiger partial charge in [0.25, 0.3) is 0 Å². The van der Waals surface area contributed by atoms with E-state index in [1.807, 2.05) is 19.9 Å². The summed E-state index contributed by atoms with van der Waals surface area (Å²) in [6, 6.07) is 2.01. The first-order chi connectivity index (χ1) is 10.2. The average molecular weight is 308 g/mol. The number of anilines is 1. The molecule has 0 aromatic carbocycles. The van der Waals surface area contributed by atoms with Gasteiger partial charge in [0.15, 0.2) is 0 Å². The molecule has 0 amide bonds. The van der Waals surface area contributed by atoms with E-state index in [4.69, 9.17) is 4.74 Å². The van der Waals surface area contributed by atoms with E-state index in [1.54, 1.807) is 0 Å². The number of thioether (sulfide) groups is 1. The first kappa shape index (κ1) is 15.1. The molecule has 1 aromatic rings. The van der Waals surface area contributed by atoms with Crippen LogP contribution in [0.25, 0.3) is 0 Å². The highest BCUT2D eigenvalue weighted by Crippen LogP contribution is 2.34. The van der Waals surface area contributed by atoms with Crippen LogP contribution in [-0.2, 0) is 4.74 Å². The molecule has 3 heterocycles. The number of morpholine rings is 1. The first-order valence-corrected chi connectivity index (χ1v) is 8.80. The van der Waals surface area contributed by atoms with E-state index in [1.165, 1.54) is 17.9 Å². The molecule has 2 saturated heterocycles.